The summed E-state index contributed by atoms with van der Waals surface area (Å²) in [6, 6.07) is 6.76. The molecule has 148 valence electrons. The van der Waals surface area contributed by atoms with Crippen LogP contribution in [0.3, 0.4) is 0 Å². The first-order valence-corrected chi connectivity index (χ1v) is 8.68. The normalized spacial score (nSPS) is 13.3. The van der Waals surface area contributed by atoms with Gasteiger partial charge < -0.3 is 18.4 Å². The van der Waals surface area contributed by atoms with Gasteiger partial charge in [-0.05, 0) is 45.0 Å². The first-order chi connectivity index (χ1) is 12.4. The van der Waals surface area contributed by atoms with Gasteiger partial charge >= 0.3 is 6.18 Å². The summed E-state index contributed by atoms with van der Waals surface area (Å²) in [6.45, 7) is 5.32. The summed E-state index contributed by atoms with van der Waals surface area (Å²) in [5.74, 6) is -0.254. The monoisotopic (exact) mass is 403 g/mol. The molecule has 0 spiro atoms. The zero-order valence-corrected chi connectivity index (χ0v) is 15.4. The molecule has 0 aliphatic carbocycles. The van der Waals surface area contributed by atoms with Crippen LogP contribution in [0.25, 0.3) is 0 Å². The fraction of sp³-hybridized carbons (Fsp3) is 0.333. The maximum Gasteiger partial charge on any atom is 0.433 e. The molecule has 4 N–H and O–H groups in total. The second-order valence-electron chi connectivity index (χ2n) is 6.45. The number of benzene rings is 1. The summed E-state index contributed by atoms with van der Waals surface area (Å²) in [6.07, 6.45) is -4.63. The summed E-state index contributed by atoms with van der Waals surface area (Å²) < 4.78 is 61.9. The van der Waals surface area contributed by atoms with Crippen LogP contribution < -0.4 is 16.2 Å². The zero-order chi connectivity index (χ0) is 20.2. The maximum absolute atomic E-state index is 13.1. The van der Waals surface area contributed by atoms with Crippen LogP contribution in [-0.4, -0.2) is 20.1 Å². The van der Waals surface area contributed by atoms with Crippen LogP contribution >= 0.6 is 0 Å². The van der Waals surface area contributed by atoms with Gasteiger partial charge in [-0.15, -0.1) is 0 Å². The average molecular weight is 403 g/mol. The summed E-state index contributed by atoms with van der Waals surface area (Å²) in [4.78, 5) is 7.52. The maximum atomic E-state index is 13.1. The Bertz CT molecular complexity index is 875. The van der Waals surface area contributed by atoms with Gasteiger partial charge in [-0.25, -0.2) is 4.98 Å². The van der Waals surface area contributed by atoms with E-state index in [4.69, 9.17) is 4.55 Å². The van der Waals surface area contributed by atoms with Crippen LogP contribution in [0.5, 0.6) is 0 Å². The van der Waals surface area contributed by atoms with Crippen molar-refractivity contribution in [3.63, 3.8) is 0 Å². The summed E-state index contributed by atoms with van der Waals surface area (Å²) in [5.41, 5.74) is 4.42. The number of nitrogens with one attached hydrogen (secondary N) is 3. The van der Waals surface area contributed by atoms with E-state index in [0.717, 1.165) is 6.07 Å². The molecule has 1 aromatic carbocycles. The van der Waals surface area contributed by atoms with E-state index >= 15 is 0 Å². The van der Waals surface area contributed by atoms with Crippen molar-refractivity contribution in [3.05, 3.63) is 36.0 Å². The number of hydrazine groups is 1. The second-order valence-corrected chi connectivity index (χ2v) is 7.10. The molecule has 0 saturated heterocycles. The van der Waals surface area contributed by atoms with Gasteiger partial charge in [-0.3, -0.25) is 10.9 Å². The average Bonchev–Trinajstić information content (AvgIpc) is 2.51. The van der Waals surface area contributed by atoms with Crippen LogP contribution in [0, 0.1) is 0 Å². The molecule has 27 heavy (non-hydrogen) atoms. The third-order valence-corrected chi connectivity index (χ3v) is 3.26. The SMILES string of the molecule is CC(C)(C)Nc1nc(NNc2ccc(N=[S-](=O)O)cc2)cc(C(F)(F)F)n1. The van der Waals surface area contributed by atoms with Gasteiger partial charge in [0.25, 0.3) is 0 Å². The molecule has 1 aromatic heterocycles. The highest BCUT2D eigenvalue weighted by molar-refractivity contribution is 7.68. The summed E-state index contributed by atoms with van der Waals surface area (Å²) >= 11 is 0. The fourth-order valence-electron chi connectivity index (χ4n) is 1.88. The Hall–Kier alpha value is -2.60. The number of nitrogens with zero attached hydrogens (tertiary/aromatic N) is 3. The molecule has 0 aliphatic rings. The van der Waals surface area contributed by atoms with Gasteiger partial charge in [0.05, 0.1) is 5.69 Å². The highest BCUT2D eigenvalue weighted by Crippen LogP contribution is 2.30. The molecule has 0 fully saturated rings. The van der Waals surface area contributed by atoms with E-state index in [9.17, 15) is 17.4 Å². The van der Waals surface area contributed by atoms with E-state index in [2.05, 4.69) is 30.5 Å². The molecule has 8 nitrogen and oxygen atoms in total. The fourth-order valence-corrected chi connectivity index (χ4v) is 2.18. The molecule has 2 rings (SSSR count). The van der Waals surface area contributed by atoms with Gasteiger partial charge in [-0.1, -0.05) is 10.9 Å². The van der Waals surface area contributed by atoms with Crippen LogP contribution in [0.4, 0.5) is 36.3 Å². The van der Waals surface area contributed by atoms with E-state index < -0.39 is 28.3 Å². The number of alkyl halides is 3. The first-order valence-electron chi connectivity index (χ1n) is 7.62. The lowest BCUT2D eigenvalue weighted by Gasteiger charge is -2.21. The van der Waals surface area contributed by atoms with Crippen molar-refractivity contribution in [1.82, 2.24) is 9.97 Å². The molecule has 0 aliphatic heterocycles. The Morgan fingerprint density at radius 1 is 1.07 bits per heavy atom. The lowest BCUT2D eigenvalue weighted by Crippen LogP contribution is -2.28. The highest BCUT2D eigenvalue weighted by atomic mass is 32.2. The van der Waals surface area contributed by atoms with Gasteiger partial charge in [0.2, 0.25) is 5.95 Å². The van der Waals surface area contributed by atoms with Crippen molar-refractivity contribution >= 4 is 34.0 Å². The van der Waals surface area contributed by atoms with Gasteiger partial charge in [0, 0.05) is 17.3 Å². The Morgan fingerprint density at radius 2 is 1.70 bits per heavy atom. The van der Waals surface area contributed by atoms with Gasteiger partial charge in [-0.2, -0.15) is 18.2 Å². The smallest absolute Gasteiger partial charge is 0.433 e. The number of halogens is 3. The largest absolute Gasteiger partial charge is 0.454 e. The molecule has 2 aromatic rings. The molecule has 0 amide bonds. The van der Waals surface area contributed by atoms with E-state index in [-0.39, 0.29) is 17.5 Å². The third-order valence-electron chi connectivity index (χ3n) is 2.89. The minimum Gasteiger partial charge on any atom is -0.454 e. The van der Waals surface area contributed by atoms with E-state index in [0.29, 0.717) is 5.69 Å². The van der Waals surface area contributed by atoms with Crippen LogP contribution in [0.2, 0.25) is 0 Å². The Kier molecular flexibility index (Phi) is 6.11. The molecule has 0 saturated carbocycles. The van der Waals surface area contributed by atoms with E-state index in [1.807, 2.05) is 0 Å². The molecule has 1 heterocycles. The Balaban J connectivity index is 2.20. The summed E-state index contributed by atoms with van der Waals surface area (Å²) in [7, 11) is -2.32. The molecule has 0 radical (unpaired) electrons. The number of hydrogen-bond donors (Lipinski definition) is 4. The van der Waals surface area contributed by atoms with E-state index in [1.54, 1.807) is 20.8 Å². The quantitative estimate of drug-likeness (QED) is 0.333. The molecule has 0 atom stereocenters. The molecular weight excluding hydrogens is 385 g/mol. The Labute approximate surface area is 155 Å². The van der Waals surface area contributed by atoms with Gasteiger partial charge in [0.1, 0.15) is 0 Å². The number of aromatic nitrogens is 2. The van der Waals surface area contributed by atoms with Gasteiger partial charge in [0.15, 0.2) is 11.5 Å². The molecule has 0 bridgehead atoms. The van der Waals surface area contributed by atoms with Crippen molar-refractivity contribution in [3.8, 4) is 0 Å². The van der Waals surface area contributed by atoms with Crippen LogP contribution in [-0.2, 0) is 21.3 Å². The van der Waals surface area contributed by atoms with Crippen molar-refractivity contribution in [2.24, 2.45) is 4.36 Å². The Morgan fingerprint density at radius 3 is 2.22 bits per heavy atom. The van der Waals surface area contributed by atoms with Crippen molar-refractivity contribution in [2.45, 2.75) is 32.5 Å². The minimum absolute atomic E-state index is 0.0886. The molecular formula is C15H18F3N6O2S-. The first kappa shape index (κ1) is 20.7. The lowest BCUT2D eigenvalue weighted by atomic mass is 10.1. The van der Waals surface area contributed by atoms with Crippen LogP contribution in [0.1, 0.15) is 26.5 Å². The highest BCUT2D eigenvalue weighted by Gasteiger charge is 2.34. The standard InChI is InChI=1S/C15H18F3N6O2S/c1-14(2,3)21-13-19-11(15(16,17)18)8-12(20-13)23-22-9-4-6-10(7-5-9)24-27(25)26/h4-8,22H,1-3H3,(H,24,25,26)(H2,19,20,21,23)/q-1. The minimum atomic E-state index is -4.63. The number of anilines is 3. The third kappa shape index (κ3) is 6.90. The second kappa shape index (κ2) is 7.96. The summed E-state index contributed by atoms with van der Waals surface area (Å²) in [5, 5.41) is 2.80. The van der Waals surface area contributed by atoms with Crippen molar-refractivity contribution in [2.75, 3.05) is 16.2 Å². The van der Waals surface area contributed by atoms with Crippen molar-refractivity contribution in [1.29, 1.82) is 0 Å². The number of rotatable bonds is 5. The molecule has 0 unspecified atom stereocenters. The number of hydrogen-bond acceptors (Lipinski definition) is 8. The predicted octanol–water partition coefficient (Wildman–Crippen LogP) is 4.40. The van der Waals surface area contributed by atoms with Crippen LogP contribution in [0.15, 0.2) is 34.7 Å². The zero-order valence-electron chi connectivity index (χ0n) is 14.6. The topological polar surface area (TPSA) is 112 Å². The van der Waals surface area contributed by atoms with Crippen molar-refractivity contribution < 1.29 is 21.9 Å². The lowest BCUT2D eigenvalue weighted by molar-refractivity contribution is -0.141. The molecule has 12 heteroatoms. The van der Waals surface area contributed by atoms with E-state index in [1.165, 1.54) is 24.3 Å². The predicted molar refractivity (Wildman–Crippen MR) is 96.9 cm³/mol.